The maximum Gasteiger partial charge on any atom is 0.105 e. The van der Waals surface area contributed by atoms with E-state index in [9.17, 15) is 4.39 Å². The van der Waals surface area contributed by atoms with Gasteiger partial charge in [-0.3, -0.25) is 0 Å². The van der Waals surface area contributed by atoms with Crippen molar-refractivity contribution in [3.63, 3.8) is 0 Å². The van der Waals surface area contributed by atoms with Crippen LogP contribution in [-0.2, 0) is 0 Å². The standard InChI is InChI=1S/C25H44FN/c1-11-15-25(10,17-14-13-16-24(8,9)26)27-23(7)22(6)21(5)18-20(4)19(3)12-2/h18,27H,3,7,11-17H2,1-2,4-6,8-10H3/b20-18-,22-21+. The molecule has 0 aromatic carbocycles. The normalized spacial score (nSPS) is 15.8. The Bertz CT molecular complexity index is 559. The Morgan fingerprint density at radius 2 is 1.52 bits per heavy atom. The Labute approximate surface area is 168 Å². The molecule has 0 aromatic heterocycles. The number of alkyl halides is 1. The predicted octanol–water partition coefficient (Wildman–Crippen LogP) is 8.21. The minimum atomic E-state index is -1.07. The van der Waals surface area contributed by atoms with E-state index in [1.165, 1.54) is 22.3 Å². The van der Waals surface area contributed by atoms with Crippen LogP contribution in [0.4, 0.5) is 4.39 Å². The fourth-order valence-corrected chi connectivity index (χ4v) is 3.37. The monoisotopic (exact) mass is 377 g/mol. The van der Waals surface area contributed by atoms with Gasteiger partial charge in [-0.1, -0.05) is 57.9 Å². The van der Waals surface area contributed by atoms with Gasteiger partial charge in [0, 0.05) is 11.2 Å². The number of hydrogen-bond acceptors (Lipinski definition) is 1. The lowest BCUT2D eigenvalue weighted by Gasteiger charge is -2.34. The summed E-state index contributed by atoms with van der Waals surface area (Å²) >= 11 is 0. The van der Waals surface area contributed by atoms with Crippen LogP contribution in [0.15, 0.2) is 47.2 Å². The third kappa shape index (κ3) is 10.6. The third-order valence-corrected chi connectivity index (χ3v) is 5.47. The Hall–Kier alpha value is -1.31. The molecule has 0 amide bonds. The average Bonchev–Trinajstić information content (AvgIpc) is 2.56. The minimum absolute atomic E-state index is 0.000393. The summed E-state index contributed by atoms with van der Waals surface area (Å²) in [6, 6.07) is 0. The molecule has 156 valence electrons. The molecule has 0 aromatic rings. The Kier molecular flexibility index (Phi) is 11.0. The van der Waals surface area contributed by atoms with Crippen LogP contribution in [-0.4, -0.2) is 11.2 Å². The summed E-state index contributed by atoms with van der Waals surface area (Å²) in [5, 5.41) is 3.69. The number of nitrogens with one attached hydrogen (secondary N) is 1. The lowest BCUT2D eigenvalue weighted by molar-refractivity contribution is 0.192. The molecule has 0 bridgehead atoms. The second-order valence-corrected chi connectivity index (χ2v) is 8.93. The van der Waals surface area contributed by atoms with Crippen molar-refractivity contribution >= 4 is 0 Å². The quantitative estimate of drug-likeness (QED) is 0.252. The third-order valence-electron chi connectivity index (χ3n) is 5.47. The van der Waals surface area contributed by atoms with E-state index >= 15 is 0 Å². The molecular formula is C25H44FN. The fourth-order valence-electron chi connectivity index (χ4n) is 3.37. The molecule has 27 heavy (non-hydrogen) atoms. The summed E-state index contributed by atoms with van der Waals surface area (Å²) in [5.74, 6) is 0. The van der Waals surface area contributed by atoms with E-state index < -0.39 is 5.67 Å². The van der Waals surface area contributed by atoms with Gasteiger partial charge in [0.25, 0.3) is 0 Å². The van der Waals surface area contributed by atoms with Crippen LogP contribution in [0.25, 0.3) is 0 Å². The molecule has 0 rings (SSSR count). The summed E-state index contributed by atoms with van der Waals surface area (Å²) in [7, 11) is 0. The summed E-state index contributed by atoms with van der Waals surface area (Å²) in [6.45, 7) is 24.7. The first-order valence-corrected chi connectivity index (χ1v) is 10.6. The van der Waals surface area contributed by atoms with Gasteiger partial charge in [-0.25, -0.2) is 4.39 Å². The molecule has 0 heterocycles. The molecule has 1 atom stereocenters. The molecule has 0 aliphatic carbocycles. The first-order chi connectivity index (χ1) is 12.3. The highest BCUT2D eigenvalue weighted by molar-refractivity contribution is 5.40. The van der Waals surface area contributed by atoms with E-state index in [0.717, 1.165) is 44.2 Å². The zero-order chi connectivity index (χ0) is 21.3. The van der Waals surface area contributed by atoms with Crippen molar-refractivity contribution in [1.29, 1.82) is 0 Å². The van der Waals surface area contributed by atoms with E-state index in [2.05, 4.69) is 66.1 Å². The second kappa shape index (κ2) is 11.5. The number of hydrogen-bond donors (Lipinski definition) is 1. The van der Waals surface area contributed by atoms with Gasteiger partial charge >= 0.3 is 0 Å². The molecule has 0 fully saturated rings. The van der Waals surface area contributed by atoms with Crippen molar-refractivity contribution in [2.24, 2.45) is 0 Å². The van der Waals surface area contributed by atoms with Gasteiger partial charge in [-0.05, 0) is 83.9 Å². The van der Waals surface area contributed by atoms with Gasteiger partial charge < -0.3 is 5.32 Å². The van der Waals surface area contributed by atoms with Crippen molar-refractivity contribution in [2.45, 2.75) is 112 Å². The molecule has 0 spiro atoms. The molecule has 1 N–H and O–H groups in total. The van der Waals surface area contributed by atoms with Crippen LogP contribution in [0.5, 0.6) is 0 Å². The van der Waals surface area contributed by atoms with Crippen LogP contribution < -0.4 is 5.32 Å². The summed E-state index contributed by atoms with van der Waals surface area (Å²) < 4.78 is 13.7. The van der Waals surface area contributed by atoms with Crippen LogP contribution in [0.1, 0.15) is 100 Å². The number of unbranched alkanes of at least 4 members (excludes halogenated alkanes) is 1. The zero-order valence-electron chi connectivity index (χ0n) is 19.3. The summed E-state index contributed by atoms with van der Waals surface area (Å²) in [4.78, 5) is 0. The van der Waals surface area contributed by atoms with Crippen LogP contribution in [0.2, 0.25) is 0 Å². The van der Waals surface area contributed by atoms with E-state index in [1.54, 1.807) is 13.8 Å². The molecular weight excluding hydrogens is 333 g/mol. The highest BCUT2D eigenvalue weighted by Crippen LogP contribution is 2.26. The van der Waals surface area contributed by atoms with Gasteiger partial charge in [-0.15, -0.1) is 0 Å². The summed E-state index contributed by atoms with van der Waals surface area (Å²) in [6.07, 6.45) is 8.98. The Balaban J connectivity index is 5.08. The van der Waals surface area contributed by atoms with E-state index in [1.807, 2.05) is 0 Å². The fraction of sp³-hybridized carbons (Fsp3) is 0.680. The molecule has 1 unspecified atom stereocenters. The first-order valence-electron chi connectivity index (χ1n) is 10.6. The molecule has 0 saturated heterocycles. The van der Waals surface area contributed by atoms with Gasteiger partial charge in [-0.2, -0.15) is 0 Å². The number of rotatable bonds is 13. The molecule has 2 heteroatoms. The highest BCUT2D eigenvalue weighted by Gasteiger charge is 2.24. The van der Waals surface area contributed by atoms with Crippen molar-refractivity contribution in [1.82, 2.24) is 5.32 Å². The second-order valence-electron chi connectivity index (χ2n) is 8.93. The Morgan fingerprint density at radius 1 is 0.963 bits per heavy atom. The molecule has 0 saturated carbocycles. The van der Waals surface area contributed by atoms with Gasteiger partial charge in [0.15, 0.2) is 0 Å². The van der Waals surface area contributed by atoms with E-state index in [-0.39, 0.29) is 5.54 Å². The van der Waals surface area contributed by atoms with Crippen LogP contribution in [0, 0.1) is 0 Å². The zero-order valence-corrected chi connectivity index (χ0v) is 19.3. The first kappa shape index (κ1) is 25.7. The smallest absolute Gasteiger partial charge is 0.105 e. The Morgan fingerprint density at radius 3 is 2.00 bits per heavy atom. The number of halogens is 1. The maximum absolute atomic E-state index is 13.7. The lowest BCUT2D eigenvalue weighted by Crippen LogP contribution is -2.41. The van der Waals surface area contributed by atoms with Crippen LogP contribution in [0.3, 0.4) is 0 Å². The molecule has 0 aliphatic heterocycles. The maximum atomic E-state index is 13.7. The van der Waals surface area contributed by atoms with Gasteiger partial charge in [0.05, 0.1) is 0 Å². The number of allylic oxidation sites excluding steroid dienone is 5. The van der Waals surface area contributed by atoms with Crippen molar-refractivity contribution in [3.8, 4) is 0 Å². The van der Waals surface area contributed by atoms with Gasteiger partial charge in [0.1, 0.15) is 5.67 Å². The van der Waals surface area contributed by atoms with Gasteiger partial charge in [0.2, 0.25) is 0 Å². The van der Waals surface area contributed by atoms with E-state index in [4.69, 9.17) is 0 Å². The molecule has 0 radical (unpaired) electrons. The van der Waals surface area contributed by atoms with Crippen molar-refractivity contribution in [3.05, 3.63) is 47.2 Å². The SMILES string of the molecule is C=C(CC)/C(C)=C\C(C)=C(/C)C(=C)NC(C)(CCC)CCCCC(C)(C)F. The summed E-state index contributed by atoms with van der Waals surface area (Å²) in [5.41, 5.74) is 4.73. The van der Waals surface area contributed by atoms with E-state index in [0.29, 0.717) is 6.42 Å². The molecule has 0 aliphatic rings. The predicted molar refractivity (Wildman–Crippen MR) is 121 cm³/mol. The van der Waals surface area contributed by atoms with Crippen molar-refractivity contribution in [2.75, 3.05) is 0 Å². The minimum Gasteiger partial charge on any atom is -0.380 e. The van der Waals surface area contributed by atoms with Crippen molar-refractivity contribution < 1.29 is 4.39 Å². The lowest BCUT2D eigenvalue weighted by atomic mass is 9.87. The highest BCUT2D eigenvalue weighted by atomic mass is 19.1. The largest absolute Gasteiger partial charge is 0.380 e. The topological polar surface area (TPSA) is 12.0 Å². The molecule has 1 nitrogen and oxygen atoms in total. The average molecular weight is 378 g/mol. The van der Waals surface area contributed by atoms with Crippen LogP contribution >= 0.6 is 0 Å².